The molecule has 0 spiro atoms. The zero-order valence-electron chi connectivity index (χ0n) is 8.38. The number of nitrogens with zero attached hydrogens (tertiary/aromatic N) is 1. The normalized spacial score (nSPS) is 15.1. The molecule has 0 aliphatic carbocycles. The standard InChI is InChI=1S/C10H13BrN2O2/c11-5-4-9(14)12-8-10(15)13-6-2-1-3-7-13/h1-3,6-8H2,(H,12,14). The number of carbonyl (C=O) groups excluding carboxylic acids is 2. The van der Waals surface area contributed by atoms with Crippen molar-refractivity contribution in [1.82, 2.24) is 10.2 Å². The second-order valence-corrected chi connectivity index (χ2v) is 3.74. The van der Waals surface area contributed by atoms with Gasteiger partial charge in [0.15, 0.2) is 0 Å². The Balaban J connectivity index is 2.27. The summed E-state index contributed by atoms with van der Waals surface area (Å²) in [6.45, 7) is 1.65. The van der Waals surface area contributed by atoms with E-state index in [-0.39, 0.29) is 12.5 Å². The Kier molecular flexibility index (Phi) is 5.19. The molecular weight excluding hydrogens is 260 g/mol. The fourth-order valence-electron chi connectivity index (χ4n) is 1.50. The SMILES string of the molecule is O=C(C#CBr)NCC(=O)N1CCCCC1. The van der Waals surface area contributed by atoms with Crippen LogP contribution in [0.3, 0.4) is 0 Å². The summed E-state index contributed by atoms with van der Waals surface area (Å²) >= 11 is 2.82. The predicted octanol–water partition coefficient (Wildman–Crippen LogP) is 0.471. The molecule has 4 nitrogen and oxygen atoms in total. The summed E-state index contributed by atoms with van der Waals surface area (Å²) in [5, 5.41) is 2.45. The molecule has 0 bridgehead atoms. The first kappa shape index (κ1) is 12.1. The quantitative estimate of drug-likeness (QED) is 0.744. The van der Waals surface area contributed by atoms with Gasteiger partial charge in [-0.2, -0.15) is 0 Å². The molecule has 1 N–H and O–H groups in total. The lowest BCUT2D eigenvalue weighted by molar-refractivity contribution is -0.132. The van der Waals surface area contributed by atoms with Crippen LogP contribution in [0.25, 0.3) is 0 Å². The van der Waals surface area contributed by atoms with Gasteiger partial charge in [-0.05, 0) is 24.1 Å². The number of carbonyl (C=O) groups is 2. The van der Waals surface area contributed by atoms with Crippen LogP contribution in [0.4, 0.5) is 0 Å². The number of hydrogen-bond acceptors (Lipinski definition) is 2. The minimum Gasteiger partial charge on any atom is -0.341 e. The first-order chi connectivity index (χ1) is 7.24. The van der Waals surface area contributed by atoms with Crippen molar-refractivity contribution in [3.05, 3.63) is 0 Å². The van der Waals surface area contributed by atoms with E-state index in [4.69, 9.17) is 0 Å². The number of nitrogens with one attached hydrogen (secondary N) is 1. The Morgan fingerprint density at radius 1 is 1.27 bits per heavy atom. The van der Waals surface area contributed by atoms with E-state index in [0.29, 0.717) is 0 Å². The largest absolute Gasteiger partial charge is 0.341 e. The van der Waals surface area contributed by atoms with Crippen LogP contribution in [0.1, 0.15) is 19.3 Å². The van der Waals surface area contributed by atoms with E-state index in [1.807, 2.05) is 0 Å². The van der Waals surface area contributed by atoms with Crippen LogP contribution >= 0.6 is 15.9 Å². The highest BCUT2D eigenvalue weighted by Gasteiger charge is 2.16. The summed E-state index contributed by atoms with van der Waals surface area (Å²) in [5.41, 5.74) is 0. The molecule has 0 atom stereocenters. The van der Waals surface area contributed by atoms with Crippen molar-refractivity contribution in [3.8, 4) is 10.8 Å². The van der Waals surface area contributed by atoms with E-state index in [1.54, 1.807) is 4.90 Å². The molecule has 1 rings (SSSR count). The van der Waals surface area contributed by atoms with Gasteiger partial charge in [-0.1, -0.05) is 0 Å². The van der Waals surface area contributed by atoms with Gasteiger partial charge in [0.05, 0.1) is 6.54 Å². The molecule has 0 aromatic carbocycles. The zero-order valence-corrected chi connectivity index (χ0v) is 9.97. The highest BCUT2D eigenvalue weighted by Crippen LogP contribution is 2.07. The van der Waals surface area contributed by atoms with Crippen molar-refractivity contribution in [2.45, 2.75) is 19.3 Å². The number of piperidine rings is 1. The number of halogens is 1. The predicted molar refractivity (Wildman–Crippen MR) is 60.1 cm³/mol. The molecule has 0 unspecified atom stereocenters. The molecule has 0 aromatic rings. The zero-order chi connectivity index (χ0) is 11.1. The lowest BCUT2D eigenvalue weighted by Crippen LogP contribution is -2.42. The third kappa shape index (κ3) is 4.34. The van der Waals surface area contributed by atoms with Crippen molar-refractivity contribution in [1.29, 1.82) is 0 Å². The maximum atomic E-state index is 11.6. The van der Waals surface area contributed by atoms with E-state index in [9.17, 15) is 9.59 Å². The number of hydrogen-bond donors (Lipinski definition) is 1. The summed E-state index contributed by atoms with van der Waals surface area (Å²) < 4.78 is 0. The molecule has 1 aliphatic rings. The van der Waals surface area contributed by atoms with Crippen molar-refractivity contribution in [2.24, 2.45) is 0 Å². The lowest BCUT2D eigenvalue weighted by Gasteiger charge is -2.26. The molecule has 2 amide bonds. The first-order valence-corrected chi connectivity index (χ1v) is 5.70. The van der Waals surface area contributed by atoms with E-state index in [0.717, 1.165) is 25.9 Å². The number of amides is 2. The average molecular weight is 273 g/mol. The fourth-order valence-corrected chi connectivity index (χ4v) is 1.68. The topological polar surface area (TPSA) is 49.4 Å². The Morgan fingerprint density at radius 2 is 1.93 bits per heavy atom. The van der Waals surface area contributed by atoms with Crippen LogP contribution in [0.5, 0.6) is 0 Å². The summed E-state index contributed by atoms with van der Waals surface area (Å²) in [5.74, 6) is 1.79. The van der Waals surface area contributed by atoms with Gasteiger partial charge < -0.3 is 10.2 Å². The van der Waals surface area contributed by atoms with Gasteiger partial charge in [-0.25, -0.2) is 0 Å². The molecule has 15 heavy (non-hydrogen) atoms. The second kappa shape index (κ2) is 6.46. The molecule has 0 saturated carbocycles. The van der Waals surface area contributed by atoms with Crippen molar-refractivity contribution in [3.63, 3.8) is 0 Å². The average Bonchev–Trinajstić information content (AvgIpc) is 2.27. The molecule has 1 aliphatic heterocycles. The van der Waals surface area contributed by atoms with Crippen molar-refractivity contribution >= 4 is 27.7 Å². The summed E-state index contributed by atoms with van der Waals surface area (Å²) in [6, 6.07) is 0. The van der Waals surface area contributed by atoms with Crippen LogP contribution < -0.4 is 5.32 Å². The van der Waals surface area contributed by atoms with Crippen LogP contribution in [0.15, 0.2) is 0 Å². The Morgan fingerprint density at radius 3 is 2.53 bits per heavy atom. The second-order valence-electron chi connectivity index (χ2n) is 3.34. The molecule has 1 heterocycles. The van der Waals surface area contributed by atoms with Crippen LogP contribution in [-0.2, 0) is 9.59 Å². The van der Waals surface area contributed by atoms with E-state index >= 15 is 0 Å². The minimum absolute atomic E-state index is 0.0283. The van der Waals surface area contributed by atoms with Gasteiger partial charge in [-0.15, -0.1) is 0 Å². The Bertz CT molecular complexity index is 300. The Hall–Kier alpha value is -1.02. The Labute approximate surface area is 97.5 Å². The molecule has 0 aromatic heterocycles. The van der Waals surface area contributed by atoms with Crippen molar-refractivity contribution in [2.75, 3.05) is 19.6 Å². The summed E-state index contributed by atoms with van der Waals surface area (Å²) in [4.78, 5) is 26.6. The molecular formula is C10H13BrN2O2. The molecule has 1 saturated heterocycles. The number of rotatable bonds is 2. The molecule has 82 valence electrons. The third-order valence-electron chi connectivity index (χ3n) is 2.27. The van der Waals surface area contributed by atoms with Crippen LogP contribution in [0, 0.1) is 10.8 Å². The van der Waals surface area contributed by atoms with Crippen LogP contribution in [-0.4, -0.2) is 36.3 Å². The summed E-state index contributed by atoms with van der Waals surface area (Å²) in [7, 11) is 0. The maximum absolute atomic E-state index is 11.6. The van der Waals surface area contributed by atoms with Gasteiger partial charge in [0, 0.05) is 34.9 Å². The molecule has 5 heteroatoms. The molecule has 1 fully saturated rings. The molecule has 0 radical (unpaired) electrons. The monoisotopic (exact) mass is 272 g/mol. The van der Waals surface area contributed by atoms with Gasteiger partial charge in [-0.3, -0.25) is 9.59 Å². The maximum Gasteiger partial charge on any atom is 0.297 e. The minimum atomic E-state index is -0.433. The van der Waals surface area contributed by atoms with Gasteiger partial charge in [0.2, 0.25) is 5.91 Å². The van der Waals surface area contributed by atoms with Gasteiger partial charge >= 0.3 is 0 Å². The van der Waals surface area contributed by atoms with E-state index in [2.05, 4.69) is 32.0 Å². The van der Waals surface area contributed by atoms with E-state index < -0.39 is 5.91 Å². The smallest absolute Gasteiger partial charge is 0.297 e. The first-order valence-electron chi connectivity index (χ1n) is 4.91. The van der Waals surface area contributed by atoms with Gasteiger partial charge in [0.25, 0.3) is 5.91 Å². The van der Waals surface area contributed by atoms with E-state index in [1.165, 1.54) is 6.42 Å². The number of likely N-dealkylation sites (tertiary alicyclic amines) is 1. The lowest BCUT2D eigenvalue weighted by atomic mass is 10.1. The highest BCUT2D eigenvalue weighted by molar-refractivity contribution is 9.12. The summed E-state index contributed by atoms with van der Waals surface area (Å²) in [6.07, 6.45) is 3.30. The van der Waals surface area contributed by atoms with Crippen LogP contribution in [0.2, 0.25) is 0 Å². The highest BCUT2D eigenvalue weighted by atomic mass is 79.9. The van der Waals surface area contributed by atoms with Crippen molar-refractivity contribution < 1.29 is 9.59 Å². The third-order valence-corrected chi connectivity index (χ3v) is 2.47. The van der Waals surface area contributed by atoms with Gasteiger partial charge in [0.1, 0.15) is 0 Å². The fraction of sp³-hybridized carbons (Fsp3) is 0.600.